The van der Waals surface area contributed by atoms with Crippen LogP contribution in [0.3, 0.4) is 0 Å². The summed E-state index contributed by atoms with van der Waals surface area (Å²) < 4.78 is 5.94. The van der Waals surface area contributed by atoms with Crippen molar-refractivity contribution in [3.05, 3.63) is 77.6 Å². The minimum Gasteiger partial charge on any atom is -0.438 e. The molecule has 1 N–H and O–H groups in total. The fourth-order valence-corrected chi connectivity index (χ4v) is 2.52. The van der Waals surface area contributed by atoms with Crippen LogP contribution in [0.25, 0.3) is 12.2 Å². The number of fused-ring (bicyclic) bond motifs is 2. The summed E-state index contributed by atoms with van der Waals surface area (Å²) in [7, 11) is 0. The van der Waals surface area contributed by atoms with E-state index in [9.17, 15) is 0 Å². The van der Waals surface area contributed by atoms with E-state index in [4.69, 9.17) is 4.74 Å². The van der Waals surface area contributed by atoms with Crippen molar-refractivity contribution >= 4 is 18.0 Å². The largest absolute Gasteiger partial charge is 0.438 e. The average molecular weight is 301 g/mol. The van der Waals surface area contributed by atoms with E-state index < -0.39 is 0 Å². The lowest BCUT2D eigenvalue weighted by Crippen LogP contribution is -2.04. The number of ether oxygens (including phenoxy) is 1. The lowest BCUT2D eigenvalue weighted by atomic mass is 10.1. The van der Waals surface area contributed by atoms with Crippen molar-refractivity contribution < 1.29 is 4.74 Å². The van der Waals surface area contributed by atoms with Crippen molar-refractivity contribution in [2.45, 2.75) is 6.54 Å². The van der Waals surface area contributed by atoms with E-state index in [0.29, 0.717) is 12.4 Å². The van der Waals surface area contributed by atoms with E-state index in [2.05, 4.69) is 27.4 Å². The van der Waals surface area contributed by atoms with Gasteiger partial charge in [-0.25, -0.2) is 9.97 Å². The Hall–Kier alpha value is -3.14. The number of nitrogens with one attached hydrogen (secondary N) is 1. The smallest absolute Gasteiger partial charge is 0.231 e. The maximum atomic E-state index is 5.94. The van der Waals surface area contributed by atoms with Gasteiger partial charge in [-0.3, -0.25) is 0 Å². The summed E-state index contributed by atoms with van der Waals surface area (Å²) in [6, 6.07) is 18.1. The highest BCUT2D eigenvalue weighted by Gasteiger charge is 2.15. The zero-order valence-corrected chi connectivity index (χ0v) is 12.4. The third-order valence-electron chi connectivity index (χ3n) is 3.71. The molecular formula is C19H15N3O. The molecule has 112 valence electrons. The molecule has 0 amide bonds. The van der Waals surface area contributed by atoms with Gasteiger partial charge in [0.2, 0.25) is 5.88 Å². The van der Waals surface area contributed by atoms with Gasteiger partial charge in [-0.1, -0.05) is 54.6 Å². The highest BCUT2D eigenvalue weighted by atomic mass is 16.5. The Morgan fingerprint density at radius 1 is 0.870 bits per heavy atom. The van der Waals surface area contributed by atoms with Gasteiger partial charge in [-0.05, 0) is 17.7 Å². The second-order valence-electron chi connectivity index (χ2n) is 5.25. The second-order valence-corrected chi connectivity index (χ2v) is 5.25. The van der Waals surface area contributed by atoms with Crippen molar-refractivity contribution in [3.8, 4) is 11.6 Å². The third-order valence-corrected chi connectivity index (χ3v) is 3.71. The predicted octanol–water partition coefficient (Wildman–Crippen LogP) is 4.36. The van der Waals surface area contributed by atoms with Gasteiger partial charge < -0.3 is 10.1 Å². The van der Waals surface area contributed by atoms with E-state index in [1.54, 1.807) is 0 Å². The van der Waals surface area contributed by atoms with Gasteiger partial charge in [0.05, 0.1) is 5.56 Å². The molecule has 4 heteroatoms. The van der Waals surface area contributed by atoms with Gasteiger partial charge in [-0.15, -0.1) is 0 Å². The van der Waals surface area contributed by atoms with Crippen molar-refractivity contribution in [3.63, 3.8) is 0 Å². The van der Waals surface area contributed by atoms with Crippen molar-refractivity contribution in [1.82, 2.24) is 9.97 Å². The Kier molecular flexibility index (Phi) is 3.48. The first-order valence-electron chi connectivity index (χ1n) is 7.48. The van der Waals surface area contributed by atoms with Gasteiger partial charge in [-0.2, -0.15) is 0 Å². The van der Waals surface area contributed by atoms with Gasteiger partial charge >= 0.3 is 0 Å². The number of hydrogen-bond donors (Lipinski definition) is 1. The van der Waals surface area contributed by atoms with Crippen LogP contribution < -0.4 is 10.1 Å². The van der Waals surface area contributed by atoms with Crippen molar-refractivity contribution in [2.24, 2.45) is 0 Å². The quantitative estimate of drug-likeness (QED) is 0.610. The molecule has 0 unspecified atom stereocenters. The molecule has 1 aromatic heterocycles. The fourth-order valence-electron chi connectivity index (χ4n) is 2.52. The van der Waals surface area contributed by atoms with Crippen LogP contribution in [0, 0.1) is 0 Å². The van der Waals surface area contributed by atoms with Crippen LogP contribution in [0.15, 0.2) is 60.9 Å². The Balaban J connectivity index is 1.65. The Morgan fingerprint density at radius 2 is 1.70 bits per heavy atom. The summed E-state index contributed by atoms with van der Waals surface area (Å²) >= 11 is 0. The normalized spacial score (nSPS) is 11.8. The molecule has 0 radical (unpaired) electrons. The molecule has 0 saturated carbocycles. The maximum absolute atomic E-state index is 5.94. The summed E-state index contributed by atoms with van der Waals surface area (Å²) in [4.78, 5) is 8.63. The van der Waals surface area contributed by atoms with E-state index in [1.165, 1.54) is 11.9 Å². The Morgan fingerprint density at radius 3 is 2.61 bits per heavy atom. The number of anilines is 1. The highest BCUT2D eigenvalue weighted by molar-refractivity contribution is 5.81. The topological polar surface area (TPSA) is 47.0 Å². The number of nitrogens with zero attached hydrogens (tertiary/aromatic N) is 2. The van der Waals surface area contributed by atoms with Crippen LogP contribution >= 0.6 is 0 Å². The Bertz CT molecular complexity index is 859. The van der Waals surface area contributed by atoms with E-state index in [1.807, 2.05) is 54.6 Å². The molecule has 0 spiro atoms. The first-order chi connectivity index (χ1) is 11.4. The lowest BCUT2D eigenvalue weighted by molar-refractivity contribution is 0.460. The third kappa shape index (κ3) is 2.79. The average Bonchev–Trinajstić information content (AvgIpc) is 2.80. The molecule has 3 aromatic rings. The molecular weight excluding hydrogens is 286 g/mol. The maximum Gasteiger partial charge on any atom is 0.231 e. The van der Waals surface area contributed by atoms with Crippen molar-refractivity contribution in [2.75, 3.05) is 5.32 Å². The zero-order chi connectivity index (χ0) is 15.5. The molecule has 0 atom stereocenters. The van der Waals surface area contributed by atoms with Crippen LogP contribution in [0.4, 0.5) is 5.82 Å². The van der Waals surface area contributed by atoms with Crippen LogP contribution in [0.5, 0.6) is 11.6 Å². The standard InChI is InChI=1S/C19H15N3O/c1-2-6-14(7-3-1)12-20-18-16-11-10-15-8-4-5-9-17(15)23-19(16)22-13-21-18/h1-11,13H,12H2,(H,20,21,22). The van der Waals surface area contributed by atoms with E-state index in [-0.39, 0.29) is 0 Å². The first kappa shape index (κ1) is 13.5. The number of benzene rings is 2. The molecule has 2 aromatic carbocycles. The predicted molar refractivity (Wildman–Crippen MR) is 91.2 cm³/mol. The monoisotopic (exact) mass is 301 g/mol. The van der Waals surface area contributed by atoms with Crippen LogP contribution in [-0.4, -0.2) is 9.97 Å². The van der Waals surface area contributed by atoms with Gasteiger partial charge in [0.25, 0.3) is 0 Å². The summed E-state index contributed by atoms with van der Waals surface area (Å²) in [6.45, 7) is 0.699. The molecule has 0 saturated heterocycles. The number of hydrogen-bond acceptors (Lipinski definition) is 4. The molecule has 4 nitrogen and oxygen atoms in total. The highest BCUT2D eigenvalue weighted by Crippen LogP contribution is 2.34. The molecule has 1 aliphatic heterocycles. The second kappa shape index (κ2) is 5.93. The summed E-state index contributed by atoms with van der Waals surface area (Å²) in [5.41, 5.74) is 3.08. The fraction of sp³-hybridized carbons (Fsp3) is 0.0526. The lowest BCUT2D eigenvalue weighted by Gasteiger charge is -2.11. The Labute approximate surface area is 134 Å². The SMILES string of the molecule is C1=Cc2c(NCc3ccccc3)ncnc2Oc2ccccc21. The van der Waals surface area contributed by atoms with E-state index >= 15 is 0 Å². The molecule has 23 heavy (non-hydrogen) atoms. The minimum atomic E-state index is 0.566. The summed E-state index contributed by atoms with van der Waals surface area (Å²) in [5.74, 6) is 2.13. The number of para-hydroxylation sites is 1. The van der Waals surface area contributed by atoms with Crippen LogP contribution in [0.2, 0.25) is 0 Å². The number of rotatable bonds is 3. The molecule has 1 aliphatic rings. The zero-order valence-electron chi connectivity index (χ0n) is 12.4. The van der Waals surface area contributed by atoms with Crippen molar-refractivity contribution in [1.29, 1.82) is 0 Å². The van der Waals surface area contributed by atoms with Gasteiger partial charge in [0.15, 0.2) is 0 Å². The van der Waals surface area contributed by atoms with Crippen LogP contribution in [0.1, 0.15) is 16.7 Å². The van der Waals surface area contributed by atoms with E-state index in [0.717, 1.165) is 22.7 Å². The molecule has 0 bridgehead atoms. The van der Waals surface area contributed by atoms with Gasteiger partial charge in [0.1, 0.15) is 17.9 Å². The molecule has 2 heterocycles. The minimum absolute atomic E-state index is 0.566. The first-order valence-corrected chi connectivity index (χ1v) is 7.48. The summed E-state index contributed by atoms with van der Waals surface area (Å²) in [6.07, 6.45) is 5.54. The van der Waals surface area contributed by atoms with Gasteiger partial charge in [0, 0.05) is 12.1 Å². The summed E-state index contributed by atoms with van der Waals surface area (Å²) in [5, 5.41) is 3.36. The molecule has 0 aliphatic carbocycles. The van der Waals surface area contributed by atoms with Crippen LogP contribution in [-0.2, 0) is 6.54 Å². The molecule has 0 fully saturated rings. The number of aromatic nitrogens is 2. The molecule has 4 rings (SSSR count).